The summed E-state index contributed by atoms with van der Waals surface area (Å²) in [6.07, 6.45) is 4.76. The molecule has 1 N–H and O–H groups in total. The molecule has 0 bridgehead atoms. The van der Waals surface area contributed by atoms with E-state index < -0.39 is 11.7 Å². The number of amides is 1. The van der Waals surface area contributed by atoms with Crippen LogP contribution in [0.2, 0.25) is 0 Å². The molecule has 1 unspecified atom stereocenters. The summed E-state index contributed by atoms with van der Waals surface area (Å²) < 4.78 is 10.2. The maximum Gasteiger partial charge on any atom is 0.407 e. The summed E-state index contributed by atoms with van der Waals surface area (Å²) >= 11 is 0. The van der Waals surface area contributed by atoms with E-state index >= 15 is 0 Å². The van der Waals surface area contributed by atoms with E-state index in [4.69, 9.17) is 9.47 Å². The summed E-state index contributed by atoms with van der Waals surface area (Å²) in [6.45, 7) is 9.15. The van der Waals surface area contributed by atoms with Gasteiger partial charge in [-0.2, -0.15) is 0 Å². The van der Waals surface area contributed by atoms with E-state index in [9.17, 15) is 9.59 Å². The predicted octanol–water partition coefficient (Wildman–Crippen LogP) is 3.41. The van der Waals surface area contributed by atoms with Crippen molar-refractivity contribution in [3.63, 3.8) is 0 Å². The maximum absolute atomic E-state index is 11.7. The number of rotatable bonds is 8. The second-order valence-electron chi connectivity index (χ2n) is 6.00. The van der Waals surface area contributed by atoms with Gasteiger partial charge in [-0.3, -0.25) is 4.79 Å². The molecule has 20 heavy (non-hydrogen) atoms. The van der Waals surface area contributed by atoms with Gasteiger partial charge in [0.15, 0.2) is 0 Å². The number of unbranched alkanes of at least 4 members (excludes halogenated alkanes) is 3. The minimum Gasteiger partial charge on any atom is -0.464 e. The SMILES string of the molecule is CCCCCCC(COC(C)=O)NC(=O)OC(C)(C)C. The van der Waals surface area contributed by atoms with Gasteiger partial charge in [0.2, 0.25) is 0 Å². The Bertz CT molecular complexity index is 297. The lowest BCUT2D eigenvalue weighted by molar-refractivity contribution is -0.141. The molecule has 5 heteroatoms. The number of hydrogen-bond donors (Lipinski definition) is 1. The summed E-state index contributed by atoms with van der Waals surface area (Å²) in [5.41, 5.74) is -0.529. The largest absolute Gasteiger partial charge is 0.464 e. The number of esters is 1. The third-order valence-corrected chi connectivity index (χ3v) is 2.61. The molecule has 0 aromatic carbocycles. The van der Waals surface area contributed by atoms with Crippen LogP contribution in [0, 0.1) is 0 Å². The smallest absolute Gasteiger partial charge is 0.407 e. The van der Waals surface area contributed by atoms with Gasteiger partial charge in [0.05, 0.1) is 6.04 Å². The summed E-state index contributed by atoms with van der Waals surface area (Å²) in [6, 6.07) is -0.189. The highest BCUT2D eigenvalue weighted by molar-refractivity contribution is 5.68. The topological polar surface area (TPSA) is 64.6 Å². The number of ether oxygens (including phenoxy) is 2. The number of hydrogen-bond acceptors (Lipinski definition) is 4. The Balaban J connectivity index is 4.21. The molecule has 1 atom stereocenters. The number of carbonyl (C=O) groups is 2. The Labute approximate surface area is 122 Å². The second-order valence-corrected chi connectivity index (χ2v) is 6.00. The van der Waals surface area contributed by atoms with Crippen LogP contribution in [-0.2, 0) is 14.3 Å². The molecule has 118 valence electrons. The summed E-state index contributed by atoms with van der Waals surface area (Å²) in [5.74, 6) is -0.338. The number of carbonyl (C=O) groups excluding carboxylic acids is 2. The quantitative estimate of drug-likeness (QED) is 0.549. The molecule has 1 amide bonds. The van der Waals surface area contributed by atoms with Crippen LogP contribution < -0.4 is 5.32 Å². The average molecular weight is 287 g/mol. The number of nitrogens with one attached hydrogen (secondary N) is 1. The lowest BCUT2D eigenvalue weighted by Gasteiger charge is -2.23. The van der Waals surface area contributed by atoms with Crippen LogP contribution >= 0.6 is 0 Å². The Morgan fingerprint density at radius 2 is 1.80 bits per heavy atom. The first kappa shape index (κ1) is 18.7. The van der Waals surface area contributed by atoms with Crippen LogP contribution in [0.25, 0.3) is 0 Å². The molecule has 0 heterocycles. The molecule has 0 radical (unpaired) electrons. The lowest BCUT2D eigenvalue weighted by atomic mass is 10.1. The first-order valence-corrected chi connectivity index (χ1v) is 7.37. The van der Waals surface area contributed by atoms with Crippen molar-refractivity contribution < 1.29 is 19.1 Å². The fourth-order valence-corrected chi connectivity index (χ4v) is 1.71. The van der Waals surface area contributed by atoms with Gasteiger partial charge in [-0.05, 0) is 27.2 Å². The molecular weight excluding hydrogens is 258 g/mol. The second kappa shape index (κ2) is 9.61. The van der Waals surface area contributed by atoms with Crippen molar-refractivity contribution in [2.24, 2.45) is 0 Å². The van der Waals surface area contributed by atoms with E-state index in [1.54, 1.807) is 0 Å². The van der Waals surface area contributed by atoms with Gasteiger partial charge in [-0.1, -0.05) is 32.6 Å². The third kappa shape index (κ3) is 11.8. The predicted molar refractivity (Wildman–Crippen MR) is 78.5 cm³/mol. The first-order valence-electron chi connectivity index (χ1n) is 7.37. The van der Waals surface area contributed by atoms with Crippen molar-refractivity contribution in [3.05, 3.63) is 0 Å². The molecule has 0 saturated heterocycles. The van der Waals surface area contributed by atoms with Crippen LogP contribution in [0.4, 0.5) is 4.79 Å². The van der Waals surface area contributed by atoms with Gasteiger partial charge in [0, 0.05) is 6.92 Å². The zero-order valence-corrected chi connectivity index (χ0v) is 13.5. The van der Waals surface area contributed by atoms with Gasteiger partial charge >= 0.3 is 12.1 Å². The van der Waals surface area contributed by atoms with Crippen LogP contribution in [0.3, 0.4) is 0 Å². The molecular formula is C15H29NO4. The van der Waals surface area contributed by atoms with Crippen molar-refractivity contribution >= 4 is 12.1 Å². The fraction of sp³-hybridized carbons (Fsp3) is 0.867. The van der Waals surface area contributed by atoms with Crippen LogP contribution in [0.15, 0.2) is 0 Å². The molecule has 0 spiro atoms. The fourth-order valence-electron chi connectivity index (χ4n) is 1.71. The average Bonchev–Trinajstić information content (AvgIpc) is 2.28. The summed E-state index contributed by atoms with van der Waals surface area (Å²) in [5, 5.41) is 2.77. The Hall–Kier alpha value is -1.26. The van der Waals surface area contributed by atoms with Gasteiger partial charge in [-0.25, -0.2) is 4.79 Å². The normalized spacial score (nSPS) is 12.7. The monoisotopic (exact) mass is 287 g/mol. The van der Waals surface area contributed by atoms with Gasteiger partial charge in [0.1, 0.15) is 12.2 Å². The molecule has 5 nitrogen and oxygen atoms in total. The zero-order chi connectivity index (χ0) is 15.6. The Morgan fingerprint density at radius 1 is 1.15 bits per heavy atom. The van der Waals surface area contributed by atoms with Gasteiger partial charge < -0.3 is 14.8 Å². The van der Waals surface area contributed by atoms with Crippen molar-refractivity contribution in [2.75, 3.05) is 6.61 Å². The van der Waals surface area contributed by atoms with Gasteiger partial charge in [-0.15, -0.1) is 0 Å². The van der Waals surface area contributed by atoms with E-state index in [1.165, 1.54) is 13.3 Å². The Morgan fingerprint density at radius 3 is 2.30 bits per heavy atom. The molecule has 0 aliphatic carbocycles. The summed E-state index contributed by atoms with van der Waals surface area (Å²) in [4.78, 5) is 22.6. The van der Waals surface area contributed by atoms with E-state index in [-0.39, 0.29) is 18.6 Å². The van der Waals surface area contributed by atoms with Crippen LogP contribution in [-0.4, -0.2) is 30.3 Å². The van der Waals surface area contributed by atoms with E-state index in [1.807, 2.05) is 20.8 Å². The Kier molecular flexibility index (Phi) is 9.01. The lowest BCUT2D eigenvalue weighted by Crippen LogP contribution is -2.41. The van der Waals surface area contributed by atoms with E-state index in [0.29, 0.717) is 0 Å². The van der Waals surface area contributed by atoms with E-state index in [2.05, 4.69) is 12.2 Å². The molecule has 0 aromatic heterocycles. The zero-order valence-electron chi connectivity index (χ0n) is 13.5. The number of alkyl carbamates (subject to hydrolysis) is 1. The minimum atomic E-state index is -0.529. The van der Waals surface area contributed by atoms with Crippen molar-refractivity contribution in [1.82, 2.24) is 5.32 Å². The maximum atomic E-state index is 11.7. The molecule has 0 rings (SSSR count). The van der Waals surface area contributed by atoms with Gasteiger partial charge in [0.25, 0.3) is 0 Å². The minimum absolute atomic E-state index is 0.189. The highest BCUT2D eigenvalue weighted by Crippen LogP contribution is 2.09. The highest BCUT2D eigenvalue weighted by Gasteiger charge is 2.20. The van der Waals surface area contributed by atoms with Crippen molar-refractivity contribution in [3.8, 4) is 0 Å². The highest BCUT2D eigenvalue weighted by atomic mass is 16.6. The molecule has 0 saturated carbocycles. The van der Waals surface area contributed by atoms with Crippen LogP contribution in [0.1, 0.15) is 66.7 Å². The summed E-state index contributed by atoms with van der Waals surface area (Å²) in [7, 11) is 0. The van der Waals surface area contributed by atoms with Crippen molar-refractivity contribution in [2.45, 2.75) is 78.4 Å². The molecule has 0 aliphatic rings. The molecule has 0 aliphatic heterocycles. The first-order chi connectivity index (χ1) is 9.24. The van der Waals surface area contributed by atoms with Crippen LogP contribution in [0.5, 0.6) is 0 Å². The van der Waals surface area contributed by atoms with E-state index in [0.717, 1.165) is 25.7 Å². The molecule has 0 fully saturated rings. The molecule has 0 aromatic rings. The standard InChI is InChI=1S/C15H29NO4/c1-6-7-8-9-10-13(11-19-12(2)17)16-14(18)20-15(3,4)5/h13H,6-11H2,1-5H3,(H,16,18). The van der Waals surface area contributed by atoms with Crippen molar-refractivity contribution in [1.29, 1.82) is 0 Å². The third-order valence-electron chi connectivity index (χ3n) is 2.61.